The Morgan fingerprint density at radius 3 is 2.57 bits per heavy atom. The SMILES string of the molecule is Cc1ccc(-n2nc(-c3ccc(F)cc3)cc2C(=O)NCc2cccnc2)c(C)c1. The Labute approximate surface area is 174 Å². The molecule has 30 heavy (non-hydrogen) atoms. The molecular weight excluding hydrogens is 379 g/mol. The van der Waals surface area contributed by atoms with Crippen molar-refractivity contribution in [1.82, 2.24) is 20.1 Å². The van der Waals surface area contributed by atoms with Crippen molar-refractivity contribution in [3.05, 3.63) is 101 Å². The molecule has 1 amide bonds. The summed E-state index contributed by atoms with van der Waals surface area (Å²) >= 11 is 0. The summed E-state index contributed by atoms with van der Waals surface area (Å²) in [7, 11) is 0. The smallest absolute Gasteiger partial charge is 0.270 e. The van der Waals surface area contributed by atoms with Crippen LogP contribution in [0.15, 0.2) is 73.1 Å². The Morgan fingerprint density at radius 2 is 1.87 bits per heavy atom. The topological polar surface area (TPSA) is 59.8 Å². The van der Waals surface area contributed by atoms with Crippen LogP contribution in [0.4, 0.5) is 4.39 Å². The van der Waals surface area contributed by atoms with Crippen LogP contribution in [0, 0.1) is 19.7 Å². The number of aromatic nitrogens is 3. The van der Waals surface area contributed by atoms with Crippen molar-refractivity contribution in [1.29, 1.82) is 0 Å². The van der Waals surface area contributed by atoms with E-state index in [1.807, 2.05) is 44.2 Å². The maximum Gasteiger partial charge on any atom is 0.270 e. The molecule has 2 aromatic carbocycles. The Morgan fingerprint density at radius 1 is 1.07 bits per heavy atom. The largest absolute Gasteiger partial charge is 0.347 e. The first kappa shape index (κ1) is 19.5. The Balaban J connectivity index is 1.73. The molecule has 0 atom stereocenters. The zero-order chi connectivity index (χ0) is 21.1. The van der Waals surface area contributed by atoms with Gasteiger partial charge in [-0.25, -0.2) is 9.07 Å². The highest BCUT2D eigenvalue weighted by molar-refractivity contribution is 5.94. The predicted molar refractivity (Wildman–Crippen MR) is 114 cm³/mol. The number of halogens is 1. The highest BCUT2D eigenvalue weighted by atomic mass is 19.1. The molecule has 0 saturated heterocycles. The van der Waals surface area contributed by atoms with E-state index in [2.05, 4.69) is 15.4 Å². The fraction of sp³-hybridized carbons (Fsp3) is 0.125. The number of carbonyl (C=O) groups is 1. The normalized spacial score (nSPS) is 10.8. The third-order valence-corrected chi connectivity index (χ3v) is 4.84. The molecule has 6 heteroatoms. The molecule has 0 fully saturated rings. The van der Waals surface area contributed by atoms with Gasteiger partial charge < -0.3 is 5.32 Å². The second-order valence-corrected chi connectivity index (χ2v) is 7.17. The zero-order valence-corrected chi connectivity index (χ0v) is 16.8. The molecular formula is C24H21FN4O. The van der Waals surface area contributed by atoms with E-state index in [1.54, 1.807) is 35.3 Å². The van der Waals surface area contributed by atoms with Gasteiger partial charge in [0.1, 0.15) is 11.5 Å². The lowest BCUT2D eigenvalue weighted by Gasteiger charge is -2.11. The summed E-state index contributed by atoms with van der Waals surface area (Å²) in [6, 6.07) is 17.5. The molecule has 2 aromatic heterocycles. The van der Waals surface area contributed by atoms with E-state index in [9.17, 15) is 9.18 Å². The van der Waals surface area contributed by atoms with E-state index in [-0.39, 0.29) is 11.7 Å². The van der Waals surface area contributed by atoms with Gasteiger partial charge in [0.15, 0.2) is 0 Å². The number of pyridine rings is 1. The van der Waals surface area contributed by atoms with E-state index in [4.69, 9.17) is 0 Å². The second-order valence-electron chi connectivity index (χ2n) is 7.17. The Kier molecular flexibility index (Phi) is 5.39. The van der Waals surface area contributed by atoms with Gasteiger partial charge in [0.25, 0.3) is 5.91 Å². The van der Waals surface area contributed by atoms with Crippen molar-refractivity contribution in [2.45, 2.75) is 20.4 Å². The van der Waals surface area contributed by atoms with Gasteiger partial charge in [-0.05, 0) is 67.4 Å². The standard InChI is InChI=1S/C24H21FN4O/c1-16-5-10-22(17(2)12-16)29-23(24(30)27-15-18-4-3-11-26-14-18)13-21(28-29)19-6-8-20(25)9-7-19/h3-14H,15H2,1-2H3,(H,27,30). The third kappa shape index (κ3) is 4.12. The summed E-state index contributed by atoms with van der Waals surface area (Å²) in [4.78, 5) is 17.1. The molecule has 0 bridgehead atoms. The third-order valence-electron chi connectivity index (χ3n) is 4.84. The summed E-state index contributed by atoms with van der Waals surface area (Å²) in [6.07, 6.45) is 3.40. The van der Waals surface area contributed by atoms with Gasteiger partial charge in [0, 0.05) is 24.5 Å². The first-order valence-electron chi connectivity index (χ1n) is 9.62. The average Bonchev–Trinajstić information content (AvgIpc) is 3.18. The highest BCUT2D eigenvalue weighted by Crippen LogP contribution is 2.24. The highest BCUT2D eigenvalue weighted by Gasteiger charge is 2.19. The summed E-state index contributed by atoms with van der Waals surface area (Å²) in [6.45, 7) is 4.36. The molecule has 5 nitrogen and oxygen atoms in total. The number of benzene rings is 2. The van der Waals surface area contributed by atoms with Crippen molar-refractivity contribution in [2.24, 2.45) is 0 Å². The summed E-state index contributed by atoms with van der Waals surface area (Å²) in [5, 5.41) is 7.60. The number of aryl methyl sites for hydroxylation is 2. The first-order valence-corrected chi connectivity index (χ1v) is 9.62. The minimum Gasteiger partial charge on any atom is -0.347 e. The number of amides is 1. The molecule has 0 aliphatic rings. The van der Waals surface area contributed by atoms with Crippen LogP contribution in [0.3, 0.4) is 0 Å². The maximum absolute atomic E-state index is 13.3. The van der Waals surface area contributed by atoms with Crippen molar-refractivity contribution >= 4 is 5.91 Å². The number of hydrogen-bond acceptors (Lipinski definition) is 3. The lowest BCUT2D eigenvalue weighted by Crippen LogP contribution is -2.25. The minimum atomic E-state index is -0.318. The van der Waals surface area contributed by atoms with Crippen LogP contribution in [0.5, 0.6) is 0 Å². The minimum absolute atomic E-state index is 0.250. The van der Waals surface area contributed by atoms with Gasteiger partial charge in [-0.2, -0.15) is 5.10 Å². The molecule has 4 aromatic rings. The molecule has 0 spiro atoms. The molecule has 0 radical (unpaired) electrons. The van der Waals surface area contributed by atoms with Crippen LogP contribution in [-0.4, -0.2) is 20.7 Å². The number of rotatable bonds is 5. The van der Waals surface area contributed by atoms with Gasteiger partial charge in [-0.15, -0.1) is 0 Å². The van der Waals surface area contributed by atoms with E-state index < -0.39 is 0 Å². The zero-order valence-electron chi connectivity index (χ0n) is 16.8. The van der Waals surface area contributed by atoms with Gasteiger partial charge in [0.2, 0.25) is 0 Å². The number of carbonyl (C=O) groups excluding carboxylic acids is 1. The predicted octanol–water partition coefficient (Wildman–Crippen LogP) is 4.62. The van der Waals surface area contributed by atoms with Crippen molar-refractivity contribution in [2.75, 3.05) is 0 Å². The van der Waals surface area contributed by atoms with Gasteiger partial charge in [-0.3, -0.25) is 9.78 Å². The van der Waals surface area contributed by atoms with Crippen LogP contribution in [0.25, 0.3) is 16.9 Å². The lowest BCUT2D eigenvalue weighted by atomic mass is 10.1. The van der Waals surface area contributed by atoms with E-state index >= 15 is 0 Å². The molecule has 0 unspecified atom stereocenters. The van der Waals surface area contributed by atoms with Crippen LogP contribution in [0.2, 0.25) is 0 Å². The fourth-order valence-electron chi connectivity index (χ4n) is 3.31. The van der Waals surface area contributed by atoms with Gasteiger partial charge in [0.05, 0.1) is 11.4 Å². The fourth-order valence-corrected chi connectivity index (χ4v) is 3.31. The van der Waals surface area contributed by atoms with Crippen LogP contribution < -0.4 is 5.32 Å². The lowest BCUT2D eigenvalue weighted by molar-refractivity contribution is 0.0943. The summed E-state index contributed by atoms with van der Waals surface area (Å²) in [5.41, 5.74) is 5.60. The Hall–Kier alpha value is -3.80. The molecule has 4 rings (SSSR count). The molecule has 150 valence electrons. The second kappa shape index (κ2) is 8.29. The molecule has 1 N–H and O–H groups in total. The first-order chi connectivity index (χ1) is 14.5. The van der Waals surface area contributed by atoms with Crippen molar-refractivity contribution in [3.8, 4) is 16.9 Å². The van der Waals surface area contributed by atoms with Crippen molar-refractivity contribution < 1.29 is 9.18 Å². The average molecular weight is 400 g/mol. The summed E-state index contributed by atoms with van der Waals surface area (Å²) < 4.78 is 15.0. The van der Waals surface area contributed by atoms with E-state index in [1.165, 1.54) is 12.1 Å². The van der Waals surface area contributed by atoms with E-state index in [0.717, 1.165) is 27.9 Å². The molecule has 0 aliphatic carbocycles. The molecule has 0 saturated carbocycles. The molecule has 2 heterocycles. The monoisotopic (exact) mass is 400 g/mol. The van der Waals surface area contributed by atoms with Crippen molar-refractivity contribution in [3.63, 3.8) is 0 Å². The quantitative estimate of drug-likeness (QED) is 0.532. The maximum atomic E-state index is 13.3. The summed E-state index contributed by atoms with van der Waals surface area (Å²) in [5.74, 6) is -0.568. The van der Waals surface area contributed by atoms with Gasteiger partial charge in [-0.1, -0.05) is 23.8 Å². The number of hydrogen-bond donors (Lipinski definition) is 1. The van der Waals surface area contributed by atoms with Crippen LogP contribution in [-0.2, 0) is 6.54 Å². The number of nitrogens with one attached hydrogen (secondary N) is 1. The molecule has 0 aliphatic heterocycles. The van der Waals surface area contributed by atoms with Gasteiger partial charge >= 0.3 is 0 Å². The van der Waals surface area contributed by atoms with E-state index in [0.29, 0.717) is 17.9 Å². The van der Waals surface area contributed by atoms with Crippen LogP contribution >= 0.6 is 0 Å². The number of nitrogens with zero attached hydrogens (tertiary/aromatic N) is 3. The Bertz CT molecular complexity index is 1180. The van der Waals surface area contributed by atoms with Crippen LogP contribution in [0.1, 0.15) is 27.2 Å².